The molecule has 80 heavy (non-hydrogen) atoms. The molecule has 2 fully saturated rings. The number of nitrogens with zero attached hydrogens (tertiary/aromatic N) is 6. The molecule has 12 rings (SSSR count). The van der Waals surface area contributed by atoms with Gasteiger partial charge in [0.25, 0.3) is 0 Å². The summed E-state index contributed by atoms with van der Waals surface area (Å²) in [6, 6.07) is 26.7. The Kier molecular flexibility index (Phi) is 18.1. The number of aryl methyl sites for hydroxylation is 4. The maximum Gasteiger partial charge on any atom is 0.407 e. The zero-order chi connectivity index (χ0) is 56.9. The van der Waals surface area contributed by atoms with Gasteiger partial charge in [0.2, 0.25) is 31.9 Å². The molecule has 424 valence electrons. The molecule has 0 unspecified atom stereocenters. The highest BCUT2D eigenvalue weighted by Crippen LogP contribution is 2.36. The molecule has 6 aliphatic rings. The SMILES string of the molecule is COC(=O)N[C@@H](CCSC)C(=O)N1CN(S(C)(=O)=O)C[C@H]1c1nc(-c2ccc(-c3cc4ccc3CCc3ccc(c(-c5ccc(-c6c[nH]c([C@@H]7CN(S(C)(=O)=O)CN7C(=O)[C@H](CCSC)NC(=O)OC)n6)cc5)c3)CC4)cc2)c[nH]1. The number of H-pyrrole nitrogens is 2. The Morgan fingerprint density at radius 3 is 1.31 bits per heavy atom. The van der Waals surface area contributed by atoms with Crippen LogP contribution in [0.2, 0.25) is 0 Å². The molecule has 4 amide bonds. The monoisotopic (exact) mass is 1170 g/mol. The number of alkyl carbamates (subject to hydrolysis) is 2. The van der Waals surface area contributed by atoms with Crippen LogP contribution >= 0.6 is 23.5 Å². The van der Waals surface area contributed by atoms with E-state index < -0.39 is 68.2 Å². The Hall–Kier alpha value is -6.70. The number of carbonyl (C=O) groups is 4. The average molecular weight is 1170 g/mol. The Balaban J connectivity index is 0.896. The minimum absolute atomic E-state index is 0.00248. The van der Waals surface area contributed by atoms with E-state index in [9.17, 15) is 36.0 Å². The van der Waals surface area contributed by atoms with Crippen LogP contribution < -0.4 is 10.6 Å². The van der Waals surface area contributed by atoms with E-state index in [0.29, 0.717) is 47.4 Å². The fourth-order valence-electron chi connectivity index (χ4n) is 10.5. The predicted octanol–water partition coefficient (Wildman–Crippen LogP) is 6.84. The van der Waals surface area contributed by atoms with Gasteiger partial charge in [0.15, 0.2) is 0 Å². The van der Waals surface area contributed by atoms with E-state index in [2.05, 4.69) is 81.3 Å². The maximum absolute atomic E-state index is 14.0. The summed E-state index contributed by atoms with van der Waals surface area (Å²) in [5.74, 6) is 1.17. The predicted molar refractivity (Wildman–Crippen MR) is 310 cm³/mol. The number of nitrogens with one attached hydrogen (secondary N) is 4. The quantitative estimate of drug-likeness (QED) is 0.0688. The van der Waals surface area contributed by atoms with Gasteiger partial charge in [0, 0.05) is 36.6 Å². The summed E-state index contributed by atoms with van der Waals surface area (Å²) in [5.41, 5.74) is 12.3. The second-order valence-corrected chi connectivity index (χ2v) is 26.1. The standard InChI is InChI=1S/C56H66N10O10S4/c1-75-55(69)61-45(23-25-77-3)53(67)65-33-63(79(5,71)72)31-49(65)51-57-29-47(59-51)41-19-15-39(16-20-41)43-27-35-7-11-37(43)13-9-36-8-12-38(14-10-35)44(28-36)40-17-21-42(22-18-40)48-30-58-52(60-48)50-32-64(80(6,73)74)34-66(50)54(68)46(24-26-78-4)62-56(70)76-2/h7-8,11-12,15-22,27-30,45-46,49-50H,9-10,13-14,23-26,31-34H2,1-6H3,(H,57,59)(H,58,60)(H,61,69)(H,62,70)/t45-,46-,49-,50-/m0/s1. The molecule has 4 N–H and O–H groups in total. The van der Waals surface area contributed by atoms with Crippen molar-refractivity contribution in [1.82, 2.24) is 49.0 Å². The number of aromatic amines is 2. The summed E-state index contributed by atoms with van der Waals surface area (Å²) in [6.07, 6.45) is 11.9. The molecular formula is C56H66N10O10S4. The minimum Gasteiger partial charge on any atom is -0.453 e. The van der Waals surface area contributed by atoms with Gasteiger partial charge in [-0.05, 0) is 107 Å². The van der Waals surface area contributed by atoms with Crippen LogP contribution in [0.1, 0.15) is 58.8 Å². The van der Waals surface area contributed by atoms with Crippen LogP contribution in [0.3, 0.4) is 0 Å². The highest BCUT2D eigenvalue weighted by atomic mass is 32.2. The smallest absolute Gasteiger partial charge is 0.407 e. The summed E-state index contributed by atoms with van der Waals surface area (Å²) in [7, 11) is -4.89. The van der Waals surface area contributed by atoms with Crippen molar-refractivity contribution in [3.05, 3.63) is 131 Å². The molecule has 0 spiro atoms. The molecule has 4 heterocycles. The fraction of sp³-hybridized carbons (Fsp3) is 0.393. The molecule has 0 saturated carbocycles. The Bertz CT molecular complexity index is 3240. The number of sulfonamides is 2. The zero-order valence-electron chi connectivity index (χ0n) is 45.4. The summed E-state index contributed by atoms with van der Waals surface area (Å²) in [5, 5.41) is 5.25. The number of hydrogen-bond acceptors (Lipinski definition) is 14. The topological polar surface area (TPSA) is 249 Å². The van der Waals surface area contributed by atoms with Crippen molar-refractivity contribution >= 4 is 67.6 Å². The van der Waals surface area contributed by atoms with Gasteiger partial charge in [0.1, 0.15) is 35.8 Å². The molecule has 4 aromatic carbocycles. The normalized spacial score (nSPS) is 17.7. The van der Waals surface area contributed by atoms with E-state index in [1.165, 1.54) is 78.4 Å². The second kappa shape index (κ2) is 25.0. The van der Waals surface area contributed by atoms with Gasteiger partial charge in [-0.2, -0.15) is 32.1 Å². The van der Waals surface area contributed by atoms with Crippen molar-refractivity contribution in [1.29, 1.82) is 0 Å². The number of hydrogen-bond donors (Lipinski definition) is 4. The van der Waals surface area contributed by atoms with Crippen LogP contribution in [-0.2, 0) is 64.8 Å². The molecule has 4 bridgehead atoms. The van der Waals surface area contributed by atoms with Gasteiger partial charge in [-0.25, -0.2) is 36.4 Å². The van der Waals surface area contributed by atoms with Crippen molar-refractivity contribution in [3.63, 3.8) is 0 Å². The lowest BCUT2D eigenvalue weighted by molar-refractivity contribution is -0.135. The van der Waals surface area contributed by atoms with Crippen LogP contribution in [0.15, 0.2) is 97.3 Å². The third-order valence-electron chi connectivity index (χ3n) is 14.9. The van der Waals surface area contributed by atoms with Crippen molar-refractivity contribution in [2.45, 2.75) is 62.7 Å². The molecule has 2 saturated heterocycles. The number of ether oxygens (including phenoxy) is 2. The van der Waals surface area contributed by atoms with Gasteiger partial charge < -0.3 is 39.9 Å². The molecule has 4 atom stereocenters. The summed E-state index contributed by atoms with van der Waals surface area (Å²) in [4.78, 5) is 71.6. The van der Waals surface area contributed by atoms with E-state index in [0.717, 1.165) is 71.6 Å². The number of benzene rings is 4. The third-order valence-corrected chi connectivity index (χ3v) is 18.6. The Morgan fingerprint density at radius 2 is 0.963 bits per heavy atom. The molecule has 2 aromatic heterocycles. The lowest BCUT2D eigenvalue weighted by Gasteiger charge is -2.27. The van der Waals surface area contributed by atoms with E-state index in [1.54, 1.807) is 12.4 Å². The number of thioether (sulfide) groups is 2. The van der Waals surface area contributed by atoms with Crippen LogP contribution in [-0.4, -0.2) is 168 Å². The molecule has 2 aliphatic heterocycles. The zero-order valence-corrected chi connectivity index (χ0v) is 48.7. The van der Waals surface area contributed by atoms with Crippen molar-refractivity contribution in [2.24, 2.45) is 0 Å². The van der Waals surface area contributed by atoms with Gasteiger partial charge in [0.05, 0.1) is 51.5 Å². The maximum atomic E-state index is 14.0. The lowest BCUT2D eigenvalue weighted by atomic mass is 9.87. The Labute approximate surface area is 475 Å². The van der Waals surface area contributed by atoms with E-state index in [-0.39, 0.29) is 26.4 Å². The van der Waals surface area contributed by atoms with Crippen LogP contribution in [0.5, 0.6) is 0 Å². The first kappa shape index (κ1) is 58.0. The fourth-order valence-corrected chi connectivity index (χ4v) is 12.9. The van der Waals surface area contributed by atoms with Gasteiger partial charge in [-0.15, -0.1) is 0 Å². The number of methoxy groups -OCH3 is 2. The minimum atomic E-state index is -3.67. The highest BCUT2D eigenvalue weighted by molar-refractivity contribution is 7.98. The van der Waals surface area contributed by atoms with Crippen LogP contribution in [0, 0.1) is 0 Å². The largest absolute Gasteiger partial charge is 0.453 e. The number of amides is 4. The second-order valence-electron chi connectivity index (χ2n) is 20.1. The van der Waals surface area contributed by atoms with E-state index >= 15 is 0 Å². The summed E-state index contributed by atoms with van der Waals surface area (Å²) < 4.78 is 63.1. The molecule has 6 aromatic rings. The first-order valence-electron chi connectivity index (χ1n) is 26.1. The van der Waals surface area contributed by atoms with Crippen molar-refractivity contribution < 1.29 is 45.5 Å². The number of aromatic nitrogens is 4. The van der Waals surface area contributed by atoms with E-state index in [1.807, 2.05) is 36.8 Å². The number of imidazole rings is 2. The molecule has 4 aliphatic carbocycles. The molecule has 20 nitrogen and oxygen atoms in total. The lowest BCUT2D eigenvalue weighted by Crippen LogP contribution is -2.49. The Morgan fingerprint density at radius 1 is 0.588 bits per heavy atom. The number of carbonyl (C=O) groups excluding carboxylic acids is 4. The van der Waals surface area contributed by atoms with Gasteiger partial charge >= 0.3 is 12.2 Å². The number of rotatable bonds is 18. The van der Waals surface area contributed by atoms with E-state index in [4.69, 9.17) is 19.4 Å². The van der Waals surface area contributed by atoms with Gasteiger partial charge in [-0.3, -0.25) is 9.59 Å². The summed E-state index contributed by atoms with van der Waals surface area (Å²) in [6.45, 7) is -0.362. The van der Waals surface area contributed by atoms with Crippen molar-refractivity contribution in [2.75, 3.05) is 77.2 Å². The van der Waals surface area contributed by atoms with Crippen LogP contribution in [0.4, 0.5) is 9.59 Å². The molecular weight excluding hydrogens is 1100 g/mol. The first-order chi connectivity index (χ1) is 38.3. The van der Waals surface area contributed by atoms with Crippen LogP contribution in [0.25, 0.3) is 44.8 Å². The van der Waals surface area contributed by atoms with Crippen molar-refractivity contribution in [3.8, 4) is 44.8 Å². The average Bonchev–Trinajstić information content (AvgIpc) is 4.31. The van der Waals surface area contributed by atoms with Gasteiger partial charge in [-0.1, -0.05) is 84.9 Å². The highest BCUT2D eigenvalue weighted by Gasteiger charge is 2.44. The molecule has 0 radical (unpaired) electrons. The first-order valence-corrected chi connectivity index (χ1v) is 32.6. The summed E-state index contributed by atoms with van der Waals surface area (Å²) >= 11 is 3.05. The third kappa shape index (κ3) is 13.2. The molecule has 24 heteroatoms.